The van der Waals surface area contributed by atoms with Gasteiger partial charge in [-0.05, 0) is 53.9 Å². The van der Waals surface area contributed by atoms with E-state index in [4.69, 9.17) is 4.74 Å². The molecule has 0 fully saturated rings. The molecule has 4 heteroatoms. The molecule has 0 aliphatic carbocycles. The van der Waals surface area contributed by atoms with Crippen LogP contribution in [0.2, 0.25) is 0 Å². The zero-order chi connectivity index (χ0) is 15.0. The number of unbranched alkanes of at least 4 members (excludes halogenated alkanes) is 4. The highest BCUT2D eigenvalue weighted by atomic mass is 79.9. The van der Waals surface area contributed by atoms with Crippen molar-refractivity contribution in [3.63, 3.8) is 0 Å². The summed E-state index contributed by atoms with van der Waals surface area (Å²) in [7, 11) is 0. The van der Waals surface area contributed by atoms with Crippen LogP contribution in [0.3, 0.4) is 0 Å². The molecule has 0 aromatic heterocycles. The number of ether oxygens (including phenoxy) is 1. The van der Waals surface area contributed by atoms with Gasteiger partial charge in [-0.2, -0.15) is 0 Å². The predicted octanol–water partition coefficient (Wildman–Crippen LogP) is 6.12. The van der Waals surface area contributed by atoms with Crippen molar-refractivity contribution in [2.45, 2.75) is 58.5 Å². The molecule has 1 unspecified atom stereocenters. The molecule has 0 aliphatic heterocycles. The lowest BCUT2D eigenvalue weighted by Crippen LogP contribution is -2.15. The van der Waals surface area contributed by atoms with Gasteiger partial charge in [0.1, 0.15) is 0 Å². The maximum atomic E-state index is 12.1. The summed E-state index contributed by atoms with van der Waals surface area (Å²) in [4.78, 5) is 12.1. The van der Waals surface area contributed by atoms with Crippen LogP contribution in [0.1, 0.15) is 62.7 Å². The van der Waals surface area contributed by atoms with E-state index in [9.17, 15) is 4.79 Å². The van der Waals surface area contributed by atoms with Gasteiger partial charge in [-0.1, -0.05) is 48.5 Å². The standard InChI is InChI=1S/C16H22Br2O2/c1-3-4-5-6-7-8-12(2)20-16(19)14-11-13(17)9-10-15(14)18/h9-12H,3-8H2,1-2H3. The van der Waals surface area contributed by atoms with Gasteiger partial charge in [0.05, 0.1) is 11.7 Å². The highest BCUT2D eigenvalue weighted by Crippen LogP contribution is 2.23. The lowest BCUT2D eigenvalue weighted by atomic mass is 10.1. The number of hydrogen-bond donors (Lipinski definition) is 0. The van der Waals surface area contributed by atoms with E-state index in [0.29, 0.717) is 5.56 Å². The number of carbonyl (C=O) groups is 1. The summed E-state index contributed by atoms with van der Waals surface area (Å²) >= 11 is 6.75. The van der Waals surface area contributed by atoms with Crippen molar-refractivity contribution in [3.8, 4) is 0 Å². The van der Waals surface area contributed by atoms with Gasteiger partial charge < -0.3 is 4.74 Å². The molecule has 0 saturated carbocycles. The van der Waals surface area contributed by atoms with Crippen LogP contribution in [0.4, 0.5) is 0 Å². The second-order valence-electron chi connectivity index (χ2n) is 5.04. The molecule has 1 aromatic rings. The highest BCUT2D eigenvalue weighted by molar-refractivity contribution is 9.11. The summed E-state index contributed by atoms with van der Waals surface area (Å²) in [5.41, 5.74) is 0.567. The molecule has 0 amide bonds. The molecule has 2 nitrogen and oxygen atoms in total. The zero-order valence-electron chi connectivity index (χ0n) is 12.1. The van der Waals surface area contributed by atoms with Crippen LogP contribution in [-0.4, -0.2) is 12.1 Å². The van der Waals surface area contributed by atoms with Crippen LogP contribution in [0.25, 0.3) is 0 Å². The summed E-state index contributed by atoms with van der Waals surface area (Å²) in [5, 5.41) is 0. The van der Waals surface area contributed by atoms with Crippen LogP contribution in [0.15, 0.2) is 27.1 Å². The van der Waals surface area contributed by atoms with Gasteiger partial charge >= 0.3 is 5.97 Å². The Labute approximate surface area is 138 Å². The third-order valence-corrected chi connectivity index (χ3v) is 4.36. The minimum atomic E-state index is -0.265. The summed E-state index contributed by atoms with van der Waals surface area (Å²) in [6.45, 7) is 4.17. The van der Waals surface area contributed by atoms with Crippen molar-refractivity contribution >= 4 is 37.8 Å². The molecular formula is C16H22Br2O2. The Kier molecular flexibility index (Phi) is 8.46. The first kappa shape index (κ1) is 17.7. The van der Waals surface area contributed by atoms with Crippen molar-refractivity contribution in [1.82, 2.24) is 0 Å². The molecule has 0 N–H and O–H groups in total. The van der Waals surface area contributed by atoms with Crippen molar-refractivity contribution < 1.29 is 9.53 Å². The van der Waals surface area contributed by atoms with E-state index in [1.807, 2.05) is 19.1 Å². The lowest BCUT2D eigenvalue weighted by molar-refractivity contribution is 0.0318. The van der Waals surface area contributed by atoms with Gasteiger partial charge in [-0.15, -0.1) is 0 Å². The van der Waals surface area contributed by atoms with Gasteiger partial charge in [0.15, 0.2) is 0 Å². The summed E-state index contributed by atoms with van der Waals surface area (Å²) in [5.74, 6) is -0.265. The van der Waals surface area contributed by atoms with E-state index in [1.54, 1.807) is 6.07 Å². The summed E-state index contributed by atoms with van der Waals surface area (Å²) in [6, 6.07) is 5.51. The number of halogens is 2. The Morgan fingerprint density at radius 2 is 1.90 bits per heavy atom. The van der Waals surface area contributed by atoms with Gasteiger partial charge in [0, 0.05) is 8.95 Å². The lowest BCUT2D eigenvalue weighted by Gasteiger charge is -2.14. The molecule has 112 valence electrons. The topological polar surface area (TPSA) is 26.3 Å². The molecule has 0 spiro atoms. The number of benzene rings is 1. The Morgan fingerprint density at radius 3 is 2.60 bits per heavy atom. The van der Waals surface area contributed by atoms with Crippen molar-refractivity contribution in [1.29, 1.82) is 0 Å². The smallest absolute Gasteiger partial charge is 0.339 e. The van der Waals surface area contributed by atoms with E-state index in [2.05, 4.69) is 38.8 Å². The Balaban J connectivity index is 2.39. The molecule has 0 saturated heterocycles. The minimum absolute atomic E-state index is 0.0324. The minimum Gasteiger partial charge on any atom is -0.459 e. The fourth-order valence-corrected chi connectivity index (χ4v) is 2.76. The van der Waals surface area contributed by atoms with E-state index >= 15 is 0 Å². The third kappa shape index (κ3) is 6.40. The van der Waals surface area contributed by atoms with Crippen LogP contribution >= 0.6 is 31.9 Å². The maximum Gasteiger partial charge on any atom is 0.339 e. The number of rotatable bonds is 8. The quantitative estimate of drug-likeness (QED) is 0.384. The number of hydrogen-bond acceptors (Lipinski definition) is 2. The molecule has 1 rings (SSSR count). The third-order valence-electron chi connectivity index (χ3n) is 3.17. The molecule has 0 heterocycles. The average molecular weight is 406 g/mol. The fraction of sp³-hybridized carbons (Fsp3) is 0.562. The van der Waals surface area contributed by atoms with Crippen LogP contribution in [0, 0.1) is 0 Å². The van der Waals surface area contributed by atoms with Gasteiger partial charge in [0.25, 0.3) is 0 Å². The van der Waals surface area contributed by atoms with Gasteiger partial charge in [-0.3, -0.25) is 0 Å². The van der Waals surface area contributed by atoms with E-state index < -0.39 is 0 Å². The predicted molar refractivity (Wildman–Crippen MR) is 90.1 cm³/mol. The second-order valence-corrected chi connectivity index (χ2v) is 6.81. The van der Waals surface area contributed by atoms with Crippen molar-refractivity contribution in [2.75, 3.05) is 0 Å². The Hall–Kier alpha value is -0.350. The molecular weight excluding hydrogens is 384 g/mol. The van der Waals surface area contributed by atoms with Gasteiger partial charge in [-0.25, -0.2) is 4.79 Å². The highest BCUT2D eigenvalue weighted by Gasteiger charge is 2.15. The molecule has 0 bridgehead atoms. The van der Waals surface area contributed by atoms with E-state index in [1.165, 1.54) is 25.7 Å². The SMILES string of the molecule is CCCCCCCC(C)OC(=O)c1cc(Br)ccc1Br. The second kappa shape index (κ2) is 9.56. The maximum absolute atomic E-state index is 12.1. The van der Waals surface area contributed by atoms with Gasteiger partial charge in [0.2, 0.25) is 0 Å². The summed E-state index contributed by atoms with van der Waals surface area (Å²) in [6.07, 6.45) is 7.05. The van der Waals surface area contributed by atoms with E-state index in [-0.39, 0.29) is 12.1 Å². The van der Waals surface area contributed by atoms with Crippen molar-refractivity contribution in [3.05, 3.63) is 32.7 Å². The molecule has 1 aromatic carbocycles. The van der Waals surface area contributed by atoms with Crippen LogP contribution in [0.5, 0.6) is 0 Å². The van der Waals surface area contributed by atoms with Crippen LogP contribution in [-0.2, 0) is 4.74 Å². The fourth-order valence-electron chi connectivity index (χ4n) is 1.99. The molecule has 20 heavy (non-hydrogen) atoms. The first-order valence-corrected chi connectivity index (χ1v) is 8.79. The number of carbonyl (C=O) groups excluding carboxylic acids is 1. The zero-order valence-corrected chi connectivity index (χ0v) is 15.3. The Morgan fingerprint density at radius 1 is 1.20 bits per heavy atom. The normalized spacial score (nSPS) is 12.2. The Bertz CT molecular complexity index is 432. The van der Waals surface area contributed by atoms with Crippen LogP contribution < -0.4 is 0 Å². The molecule has 0 aliphatic rings. The van der Waals surface area contributed by atoms with Crippen molar-refractivity contribution in [2.24, 2.45) is 0 Å². The first-order chi connectivity index (χ1) is 9.54. The first-order valence-electron chi connectivity index (χ1n) is 7.20. The molecule has 0 radical (unpaired) electrons. The molecule has 1 atom stereocenters. The van der Waals surface area contributed by atoms with E-state index in [0.717, 1.165) is 21.8 Å². The number of esters is 1. The summed E-state index contributed by atoms with van der Waals surface area (Å²) < 4.78 is 7.13. The monoisotopic (exact) mass is 404 g/mol. The largest absolute Gasteiger partial charge is 0.459 e. The average Bonchev–Trinajstić information content (AvgIpc) is 2.41.